The predicted octanol–water partition coefficient (Wildman–Crippen LogP) is 3.65. The van der Waals surface area contributed by atoms with Crippen LogP contribution in [0, 0.1) is 18.3 Å². The molecule has 0 saturated heterocycles. The minimum absolute atomic E-state index is 0.191. The average Bonchev–Trinajstić information content (AvgIpc) is 2.55. The van der Waals surface area contributed by atoms with Gasteiger partial charge in [-0.3, -0.25) is 4.28 Å². The summed E-state index contributed by atoms with van der Waals surface area (Å²) in [4.78, 5) is -0.191. The molecule has 0 N–H and O–H groups in total. The lowest BCUT2D eigenvalue weighted by Crippen LogP contribution is -2.09. The molecule has 9 heteroatoms. The van der Waals surface area contributed by atoms with Crippen LogP contribution in [0.25, 0.3) is 0 Å². The van der Waals surface area contributed by atoms with E-state index >= 15 is 0 Å². The van der Waals surface area contributed by atoms with Crippen LogP contribution in [0.1, 0.15) is 16.7 Å². The van der Waals surface area contributed by atoms with Crippen LogP contribution in [0.15, 0.2) is 58.6 Å². The number of rotatable bonds is 4. The van der Waals surface area contributed by atoms with Crippen LogP contribution < -0.4 is 0 Å². The number of nitriles is 1. The molecule has 130 valence electrons. The van der Waals surface area contributed by atoms with E-state index in [1.807, 2.05) is 0 Å². The molecule has 0 unspecified atom stereocenters. The Balaban J connectivity index is 2.32. The molecule has 2 rings (SSSR count). The van der Waals surface area contributed by atoms with Crippen molar-refractivity contribution in [3.8, 4) is 6.07 Å². The van der Waals surface area contributed by atoms with Gasteiger partial charge in [0.25, 0.3) is 0 Å². The van der Waals surface area contributed by atoms with Crippen LogP contribution in [0.5, 0.6) is 0 Å². The molecule has 0 amide bonds. The molecular weight excluding hydrogens is 357 g/mol. The fourth-order valence-corrected chi connectivity index (χ4v) is 2.54. The summed E-state index contributed by atoms with van der Waals surface area (Å²) in [5.74, 6) is 0. The second-order valence-electron chi connectivity index (χ2n) is 4.97. The first-order valence-corrected chi connectivity index (χ1v) is 8.20. The molecule has 0 bridgehead atoms. The van der Waals surface area contributed by atoms with Crippen molar-refractivity contribution in [3.05, 3.63) is 65.2 Å². The van der Waals surface area contributed by atoms with Gasteiger partial charge in [-0.05, 0) is 31.2 Å². The first kappa shape index (κ1) is 18.5. The lowest BCUT2D eigenvalue weighted by atomic mass is 10.1. The van der Waals surface area contributed by atoms with Crippen LogP contribution in [-0.2, 0) is 20.6 Å². The number of hydrogen-bond donors (Lipinski definition) is 0. The normalized spacial score (nSPS) is 12.5. The summed E-state index contributed by atoms with van der Waals surface area (Å²) in [5, 5.41) is 12.2. The molecule has 0 aromatic heterocycles. The third-order valence-corrected chi connectivity index (χ3v) is 4.23. The number of halogens is 3. The Morgan fingerprint density at radius 2 is 1.80 bits per heavy atom. The van der Waals surface area contributed by atoms with Crippen LogP contribution in [0.4, 0.5) is 13.2 Å². The first-order chi connectivity index (χ1) is 11.6. The third kappa shape index (κ3) is 4.58. The van der Waals surface area contributed by atoms with Gasteiger partial charge in [0.1, 0.15) is 11.0 Å². The lowest BCUT2D eigenvalue weighted by Gasteiger charge is -2.07. The zero-order valence-electron chi connectivity index (χ0n) is 12.8. The highest BCUT2D eigenvalue weighted by Gasteiger charge is 2.30. The number of benzene rings is 2. The molecule has 25 heavy (non-hydrogen) atoms. The van der Waals surface area contributed by atoms with Gasteiger partial charge in [0.2, 0.25) is 0 Å². The van der Waals surface area contributed by atoms with Crippen molar-refractivity contribution in [2.75, 3.05) is 0 Å². The van der Waals surface area contributed by atoms with E-state index in [1.165, 1.54) is 36.4 Å². The minimum Gasteiger partial charge on any atom is -0.263 e. The van der Waals surface area contributed by atoms with Crippen LogP contribution in [-0.4, -0.2) is 14.1 Å². The highest BCUT2D eigenvalue weighted by atomic mass is 32.2. The van der Waals surface area contributed by atoms with E-state index in [1.54, 1.807) is 6.92 Å². The largest absolute Gasteiger partial charge is 0.416 e. The average molecular weight is 368 g/mol. The number of hydrogen-bond acceptors (Lipinski definition) is 5. The molecule has 0 radical (unpaired) electrons. The van der Waals surface area contributed by atoms with E-state index < -0.39 is 27.6 Å². The molecule has 0 saturated carbocycles. The Labute approximate surface area is 142 Å². The van der Waals surface area contributed by atoms with Crippen molar-refractivity contribution >= 4 is 15.8 Å². The van der Waals surface area contributed by atoms with E-state index in [4.69, 9.17) is 5.26 Å². The van der Waals surface area contributed by atoms with Crippen LogP contribution in [0.3, 0.4) is 0 Å². The molecule has 0 fully saturated rings. The maximum absolute atomic E-state index is 12.7. The van der Waals surface area contributed by atoms with Crippen molar-refractivity contribution in [1.29, 1.82) is 5.26 Å². The molecule has 2 aromatic rings. The quantitative estimate of drug-likeness (QED) is 0.610. The van der Waals surface area contributed by atoms with Gasteiger partial charge in [0.15, 0.2) is 5.71 Å². The second-order valence-corrected chi connectivity index (χ2v) is 6.50. The zero-order valence-corrected chi connectivity index (χ0v) is 13.6. The smallest absolute Gasteiger partial charge is 0.263 e. The SMILES string of the molecule is Cc1ccc(S(=O)(=O)O/N=C(/C#N)c2cccc(C(F)(F)F)c2)cc1. The van der Waals surface area contributed by atoms with Crippen molar-refractivity contribution in [2.45, 2.75) is 18.0 Å². The van der Waals surface area contributed by atoms with E-state index in [0.29, 0.717) is 6.07 Å². The fraction of sp³-hybridized carbons (Fsp3) is 0.125. The highest BCUT2D eigenvalue weighted by molar-refractivity contribution is 7.86. The van der Waals surface area contributed by atoms with Gasteiger partial charge < -0.3 is 0 Å². The van der Waals surface area contributed by atoms with Crippen molar-refractivity contribution in [3.63, 3.8) is 0 Å². The van der Waals surface area contributed by atoms with Crippen molar-refractivity contribution < 1.29 is 25.9 Å². The minimum atomic E-state index is -4.61. The van der Waals surface area contributed by atoms with Crippen LogP contribution >= 0.6 is 0 Å². The lowest BCUT2D eigenvalue weighted by molar-refractivity contribution is -0.137. The van der Waals surface area contributed by atoms with Crippen molar-refractivity contribution in [1.82, 2.24) is 0 Å². The van der Waals surface area contributed by atoms with Gasteiger partial charge in [-0.15, -0.1) is 0 Å². The fourth-order valence-electron chi connectivity index (χ4n) is 1.81. The number of oxime groups is 1. The Bertz CT molecular complexity index is 944. The third-order valence-electron chi connectivity index (χ3n) is 3.11. The number of nitrogens with zero attached hydrogens (tertiary/aromatic N) is 2. The summed E-state index contributed by atoms with van der Waals surface area (Å²) in [6.07, 6.45) is -4.61. The maximum Gasteiger partial charge on any atom is 0.416 e. The Morgan fingerprint density at radius 1 is 1.16 bits per heavy atom. The molecule has 0 aliphatic rings. The van der Waals surface area contributed by atoms with E-state index in [0.717, 1.165) is 17.7 Å². The molecule has 0 aliphatic carbocycles. The number of aryl methyl sites for hydroxylation is 1. The molecular formula is C16H11F3N2O3S. The molecule has 0 atom stereocenters. The molecule has 0 heterocycles. The topological polar surface area (TPSA) is 79.5 Å². The zero-order chi connectivity index (χ0) is 18.7. The van der Waals surface area contributed by atoms with Gasteiger partial charge >= 0.3 is 16.3 Å². The second kappa shape index (κ2) is 6.94. The van der Waals surface area contributed by atoms with Crippen molar-refractivity contribution in [2.24, 2.45) is 5.16 Å². The van der Waals surface area contributed by atoms with Gasteiger partial charge in [-0.1, -0.05) is 35.0 Å². The van der Waals surface area contributed by atoms with E-state index in [9.17, 15) is 21.6 Å². The summed E-state index contributed by atoms with van der Waals surface area (Å²) in [7, 11) is -4.29. The molecule has 2 aromatic carbocycles. The predicted molar refractivity (Wildman–Crippen MR) is 83.0 cm³/mol. The van der Waals surface area contributed by atoms with E-state index in [-0.39, 0.29) is 10.5 Å². The summed E-state index contributed by atoms with van der Waals surface area (Å²) in [6.45, 7) is 1.76. The molecule has 0 spiro atoms. The Kier molecular flexibility index (Phi) is 5.13. The molecule has 0 aliphatic heterocycles. The Hall–Kier alpha value is -2.86. The first-order valence-electron chi connectivity index (χ1n) is 6.79. The highest BCUT2D eigenvalue weighted by Crippen LogP contribution is 2.29. The summed E-state index contributed by atoms with van der Waals surface area (Å²) in [6, 6.07) is 11.0. The van der Waals surface area contributed by atoms with Gasteiger partial charge in [-0.2, -0.15) is 26.9 Å². The standard InChI is InChI=1S/C16H11F3N2O3S/c1-11-5-7-14(8-6-11)25(22,23)24-21-15(10-20)12-3-2-4-13(9-12)16(17,18)19/h2-9H,1H3/b21-15-. The van der Waals surface area contributed by atoms with Crippen LogP contribution in [0.2, 0.25) is 0 Å². The van der Waals surface area contributed by atoms with E-state index in [2.05, 4.69) is 9.44 Å². The Morgan fingerprint density at radius 3 is 2.36 bits per heavy atom. The molecule has 5 nitrogen and oxygen atoms in total. The monoisotopic (exact) mass is 368 g/mol. The number of alkyl halides is 3. The summed E-state index contributed by atoms with van der Waals surface area (Å²) < 4.78 is 66.6. The maximum atomic E-state index is 12.7. The summed E-state index contributed by atoms with van der Waals surface area (Å²) in [5.41, 5.74) is -0.975. The van der Waals surface area contributed by atoms with Gasteiger partial charge in [-0.25, -0.2) is 0 Å². The summed E-state index contributed by atoms with van der Waals surface area (Å²) >= 11 is 0. The van der Waals surface area contributed by atoms with Gasteiger partial charge in [0.05, 0.1) is 5.56 Å². The van der Waals surface area contributed by atoms with Gasteiger partial charge in [0, 0.05) is 5.56 Å².